The maximum Gasteiger partial charge on any atom is 0.258 e. The van der Waals surface area contributed by atoms with Gasteiger partial charge in [0.15, 0.2) is 0 Å². The molecule has 2 atom stereocenters. The van der Waals surface area contributed by atoms with Crippen LogP contribution in [0.25, 0.3) is 0 Å². The lowest BCUT2D eigenvalue weighted by molar-refractivity contribution is -0.122. The fraction of sp³-hybridized carbons (Fsp3) is 0.263. The molecular formula is C19H20Cl2N4O3. The van der Waals surface area contributed by atoms with E-state index in [9.17, 15) is 4.79 Å². The summed E-state index contributed by atoms with van der Waals surface area (Å²) in [6, 6.07) is 10.2. The van der Waals surface area contributed by atoms with Crippen LogP contribution in [0.2, 0.25) is 10.0 Å². The molecule has 0 bridgehead atoms. The van der Waals surface area contributed by atoms with Crippen molar-refractivity contribution in [2.24, 2.45) is 5.10 Å². The van der Waals surface area contributed by atoms with E-state index in [4.69, 9.17) is 32.7 Å². The monoisotopic (exact) mass is 422 g/mol. The summed E-state index contributed by atoms with van der Waals surface area (Å²) in [7, 11) is 3.14. The highest BCUT2D eigenvalue weighted by Gasteiger charge is 2.30. The van der Waals surface area contributed by atoms with Crippen LogP contribution in [0, 0.1) is 0 Å². The second kappa shape index (κ2) is 9.25. The Kier molecular flexibility index (Phi) is 6.74. The Hall–Kier alpha value is -2.32. The Morgan fingerprint density at radius 2 is 1.96 bits per heavy atom. The average Bonchev–Trinajstić information content (AvgIpc) is 3.20. The maximum absolute atomic E-state index is 12.4. The predicted octanol–water partition coefficient (Wildman–Crippen LogP) is 3.07. The molecule has 148 valence electrons. The first-order valence-electron chi connectivity index (χ1n) is 8.52. The van der Waals surface area contributed by atoms with Gasteiger partial charge < -0.3 is 9.47 Å². The van der Waals surface area contributed by atoms with Crippen LogP contribution in [-0.4, -0.2) is 32.4 Å². The highest BCUT2D eigenvalue weighted by atomic mass is 35.5. The molecule has 1 aliphatic heterocycles. The van der Waals surface area contributed by atoms with Crippen LogP contribution >= 0.6 is 23.2 Å². The first-order valence-corrected chi connectivity index (χ1v) is 9.28. The van der Waals surface area contributed by atoms with Crippen molar-refractivity contribution in [3.05, 3.63) is 57.6 Å². The average molecular weight is 423 g/mol. The fourth-order valence-electron chi connectivity index (χ4n) is 2.86. The molecule has 0 radical (unpaired) electrons. The van der Waals surface area contributed by atoms with Crippen LogP contribution in [0.4, 0.5) is 0 Å². The summed E-state index contributed by atoms with van der Waals surface area (Å²) < 4.78 is 10.5. The number of amides is 1. The fourth-order valence-corrected chi connectivity index (χ4v) is 3.17. The molecule has 0 aromatic heterocycles. The van der Waals surface area contributed by atoms with E-state index in [0.717, 1.165) is 5.56 Å². The standard InChI is InChI=1S/C19H20Cl2N4O3/c1-27-13-4-6-18(28-2)12(7-13)10-22-25-19(26)17-9-16(23-24-17)11-3-5-14(20)15(21)8-11/h3-8,10,16-17,23-24H,9H2,1-2H3,(H,25,26)/b22-10+. The summed E-state index contributed by atoms with van der Waals surface area (Å²) in [5.74, 6) is 1.03. The number of carbonyl (C=O) groups excluding carboxylic acids is 1. The zero-order chi connectivity index (χ0) is 20.1. The predicted molar refractivity (Wildman–Crippen MR) is 109 cm³/mol. The Labute approximate surface area is 173 Å². The molecule has 28 heavy (non-hydrogen) atoms. The van der Waals surface area contributed by atoms with E-state index < -0.39 is 6.04 Å². The number of hydrazone groups is 1. The highest BCUT2D eigenvalue weighted by molar-refractivity contribution is 6.42. The van der Waals surface area contributed by atoms with Gasteiger partial charge in [-0.3, -0.25) is 4.79 Å². The van der Waals surface area contributed by atoms with Gasteiger partial charge in [-0.15, -0.1) is 0 Å². The number of carbonyl (C=O) groups is 1. The molecule has 1 aliphatic rings. The zero-order valence-corrected chi connectivity index (χ0v) is 16.8. The van der Waals surface area contributed by atoms with Crippen molar-refractivity contribution in [1.29, 1.82) is 0 Å². The molecule has 3 rings (SSSR count). The number of rotatable bonds is 6. The molecule has 1 fully saturated rings. The van der Waals surface area contributed by atoms with Gasteiger partial charge in [0.1, 0.15) is 17.5 Å². The summed E-state index contributed by atoms with van der Waals surface area (Å²) >= 11 is 12.0. The van der Waals surface area contributed by atoms with Gasteiger partial charge in [-0.2, -0.15) is 5.10 Å². The number of nitrogens with one attached hydrogen (secondary N) is 3. The number of hydrogen-bond donors (Lipinski definition) is 3. The van der Waals surface area contributed by atoms with Gasteiger partial charge in [0, 0.05) is 11.6 Å². The summed E-state index contributed by atoms with van der Waals surface area (Å²) in [6.07, 6.45) is 2.06. The van der Waals surface area contributed by atoms with E-state index in [1.54, 1.807) is 44.6 Å². The van der Waals surface area contributed by atoms with E-state index in [1.807, 2.05) is 6.07 Å². The van der Waals surface area contributed by atoms with E-state index >= 15 is 0 Å². The minimum absolute atomic E-state index is 0.0621. The van der Waals surface area contributed by atoms with Crippen molar-refractivity contribution in [3.8, 4) is 11.5 Å². The lowest BCUT2D eigenvalue weighted by Crippen LogP contribution is -2.41. The minimum atomic E-state index is -0.441. The SMILES string of the molecule is COc1ccc(OC)c(/C=N/NC(=O)C2CC(c3ccc(Cl)c(Cl)c3)NN2)c1. The lowest BCUT2D eigenvalue weighted by atomic mass is 10.0. The van der Waals surface area contributed by atoms with Gasteiger partial charge in [-0.1, -0.05) is 29.3 Å². The van der Waals surface area contributed by atoms with Crippen molar-refractivity contribution in [2.45, 2.75) is 18.5 Å². The normalized spacial score (nSPS) is 19.0. The molecule has 2 unspecified atom stereocenters. The van der Waals surface area contributed by atoms with Gasteiger partial charge in [0.05, 0.1) is 30.5 Å². The molecule has 7 nitrogen and oxygen atoms in total. The van der Waals surface area contributed by atoms with E-state index in [1.165, 1.54) is 6.21 Å². The first kappa shape index (κ1) is 20.4. The quantitative estimate of drug-likeness (QED) is 0.492. The molecular weight excluding hydrogens is 403 g/mol. The number of halogens is 2. The number of methoxy groups -OCH3 is 2. The summed E-state index contributed by atoms with van der Waals surface area (Å²) in [4.78, 5) is 12.4. The Morgan fingerprint density at radius 3 is 2.68 bits per heavy atom. The Balaban J connectivity index is 1.60. The number of hydrogen-bond acceptors (Lipinski definition) is 6. The van der Waals surface area contributed by atoms with Crippen LogP contribution in [0.1, 0.15) is 23.6 Å². The molecule has 0 saturated carbocycles. The van der Waals surface area contributed by atoms with Crippen molar-refractivity contribution < 1.29 is 14.3 Å². The molecule has 0 aliphatic carbocycles. The smallest absolute Gasteiger partial charge is 0.258 e. The molecule has 3 N–H and O–H groups in total. The molecule has 1 amide bonds. The van der Waals surface area contributed by atoms with Crippen LogP contribution in [-0.2, 0) is 4.79 Å². The number of benzene rings is 2. The van der Waals surface area contributed by atoms with Gasteiger partial charge in [0.2, 0.25) is 0 Å². The highest BCUT2D eigenvalue weighted by Crippen LogP contribution is 2.29. The number of ether oxygens (including phenoxy) is 2. The summed E-state index contributed by atoms with van der Waals surface area (Å²) in [5, 5.41) is 5.00. The van der Waals surface area contributed by atoms with Crippen molar-refractivity contribution >= 4 is 35.3 Å². The maximum atomic E-state index is 12.4. The van der Waals surface area contributed by atoms with E-state index in [0.29, 0.717) is 33.5 Å². The Morgan fingerprint density at radius 1 is 1.14 bits per heavy atom. The van der Waals surface area contributed by atoms with E-state index in [-0.39, 0.29) is 11.9 Å². The molecule has 2 aromatic rings. The topological polar surface area (TPSA) is 84.0 Å². The van der Waals surface area contributed by atoms with Gasteiger partial charge in [-0.25, -0.2) is 16.3 Å². The second-order valence-corrected chi connectivity index (χ2v) is 6.96. The summed E-state index contributed by atoms with van der Waals surface area (Å²) in [6.45, 7) is 0. The molecule has 9 heteroatoms. The zero-order valence-electron chi connectivity index (χ0n) is 15.3. The summed E-state index contributed by atoms with van der Waals surface area (Å²) in [5.41, 5.74) is 10.2. The first-order chi connectivity index (χ1) is 13.5. The Bertz CT molecular complexity index is 891. The van der Waals surface area contributed by atoms with Crippen LogP contribution in [0.5, 0.6) is 11.5 Å². The van der Waals surface area contributed by atoms with Gasteiger partial charge in [-0.05, 0) is 42.3 Å². The molecule has 2 aromatic carbocycles. The minimum Gasteiger partial charge on any atom is -0.497 e. The number of nitrogens with zero attached hydrogens (tertiary/aromatic N) is 1. The second-order valence-electron chi connectivity index (χ2n) is 6.15. The third-order valence-corrected chi connectivity index (χ3v) is 5.12. The van der Waals surface area contributed by atoms with E-state index in [2.05, 4.69) is 21.4 Å². The third-order valence-electron chi connectivity index (χ3n) is 4.38. The molecule has 1 saturated heterocycles. The van der Waals surface area contributed by atoms with Crippen LogP contribution in [0.15, 0.2) is 41.5 Å². The largest absolute Gasteiger partial charge is 0.497 e. The molecule has 1 heterocycles. The number of hydrazine groups is 1. The third kappa shape index (κ3) is 4.74. The van der Waals surface area contributed by atoms with Gasteiger partial charge in [0.25, 0.3) is 5.91 Å². The van der Waals surface area contributed by atoms with Crippen LogP contribution < -0.4 is 25.8 Å². The lowest BCUT2D eigenvalue weighted by Gasteiger charge is -2.10. The van der Waals surface area contributed by atoms with Crippen molar-refractivity contribution in [1.82, 2.24) is 16.3 Å². The van der Waals surface area contributed by atoms with Crippen molar-refractivity contribution in [3.63, 3.8) is 0 Å². The molecule has 0 spiro atoms. The van der Waals surface area contributed by atoms with Crippen LogP contribution in [0.3, 0.4) is 0 Å². The van der Waals surface area contributed by atoms with Crippen molar-refractivity contribution in [2.75, 3.05) is 14.2 Å². The van der Waals surface area contributed by atoms with Gasteiger partial charge >= 0.3 is 0 Å².